The molecule has 2 aliphatic heterocycles. The molecule has 176 valence electrons. The monoisotopic (exact) mass is 521 g/mol. The molecule has 0 aromatic heterocycles. The van der Waals surface area contributed by atoms with E-state index in [2.05, 4.69) is 15.4 Å². The van der Waals surface area contributed by atoms with Gasteiger partial charge >= 0.3 is 19.7 Å². The van der Waals surface area contributed by atoms with Gasteiger partial charge < -0.3 is 14.5 Å². The number of aliphatic imine (C=N–C) groups is 1. The molecule has 14 heteroatoms. The summed E-state index contributed by atoms with van der Waals surface area (Å²) in [5, 5.41) is 0. The molecule has 3 amide bonds. The molecule has 3 rings (SSSR count). The van der Waals surface area contributed by atoms with Crippen molar-refractivity contribution in [3.8, 4) is 18.1 Å². The van der Waals surface area contributed by atoms with Gasteiger partial charge in [-0.2, -0.15) is 0 Å². The maximum absolute atomic E-state index is 13.0. The van der Waals surface area contributed by atoms with Gasteiger partial charge in [0.15, 0.2) is 0 Å². The van der Waals surface area contributed by atoms with Crippen molar-refractivity contribution in [2.24, 2.45) is 4.99 Å². The van der Waals surface area contributed by atoms with E-state index < -0.39 is 25.8 Å². The van der Waals surface area contributed by atoms with Crippen molar-refractivity contribution in [1.29, 1.82) is 0 Å². The van der Waals surface area contributed by atoms with Crippen molar-refractivity contribution < 1.29 is 37.8 Å². The Morgan fingerprint density at radius 1 is 1.26 bits per heavy atom. The molecular formula is C21H24N4Na2O7P+. The molecule has 1 fully saturated rings. The summed E-state index contributed by atoms with van der Waals surface area (Å²) < 4.78 is 22.2. The number of hydrogen-bond acceptors (Lipinski definition) is 6. The Balaban J connectivity index is 0.00000306. The van der Waals surface area contributed by atoms with E-state index in [9.17, 15) is 14.2 Å². The number of ether oxygens (including phenoxy) is 1. The number of terminal acetylenes is 1. The molecule has 1 saturated heterocycles. The Hall–Kier alpha value is -1.29. The third kappa shape index (κ3) is 7.84. The molecule has 0 spiro atoms. The Morgan fingerprint density at radius 2 is 1.97 bits per heavy atom. The van der Waals surface area contributed by atoms with Gasteiger partial charge in [-0.05, 0) is 35.2 Å². The second kappa shape index (κ2) is 13.9. The fourth-order valence-electron chi connectivity index (χ4n) is 3.46. The van der Waals surface area contributed by atoms with Crippen LogP contribution in [0.15, 0.2) is 35.3 Å². The van der Waals surface area contributed by atoms with Gasteiger partial charge in [-0.3, -0.25) is 14.2 Å². The summed E-state index contributed by atoms with van der Waals surface area (Å²) in [5.41, 5.74) is 0.855. The van der Waals surface area contributed by atoms with Crippen molar-refractivity contribution in [2.75, 3.05) is 33.9 Å². The molecule has 35 heavy (non-hydrogen) atoms. The van der Waals surface area contributed by atoms with Crippen molar-refractivity contribution in [3.63, 3.8) is 0 Å². The summed E-state index contributed by atoms with van der Waals surface area (Å²) in [6.07, 6.45) is 8.98. The molecule has 2 aliphatic rings. The van der Waals surface area contributed by atoms with Crippen LogP contribution >= 0.6 is 7.82 Å². The Kier molecular flexibility index (Phi) is 12.6. The zero-order valence-corrected chi connectivity index (χ0v) is 25.0. The van der Waals surface area contributed by atoms with Crippen LogP contribution in [0.25, 0.3) is 6.08 Å². The van der Waals surface area contributed by atoms with Gasteiger partial charge in [-0.25, -0.2) is 18.8 Å². The van der Waals surface area contributed by atoms with E-state index in [4.69, 9.17) is 20.9 Å². The Morgan fingerprint density at radius 3 is 2.60 bits per heavy atom. The quantitative estimate of drug-likeness (QED) is 0.156. The number of carbonyl (C=O) groups excluding carboxylic acids is 2. The maximum atomic E-state index is 13.0. The summed E-state index contributed by atoms with van der Waals surface area (Å²) in [5.74, 6) is 3.19. The SMILES string of the molecule is C#CCN1C(=O)C2C(=NC(/C=C/c3cccc(OC)c3)=[N+]2C)N(CCCOP(=O)(O)O)C1=O.[Na].[Na]. The molecule has 1 atom stereocenters. The molecular weight excluding hydrogens is 497 g/mol. The normalized spacial score (nSPS) is 17.6. The first-order chi connectivity index (χ1) is 15.7. The molecule has 0 bridgehead atoms. The van der Waals surface area contributed by atoms with Crippen molar-refractivity contribution in [2.45, 2.75) is 12.5 Å². The topological polar surface area (TPSA) is 132 Å². The number of amides is 3. The van der Waals surface area contributed by atoms with Gasteiger partial charge in [0.25, 0.3) is 17.8 Å². The van der Waals surface area contributed by atoms with E-state index in [0.717, 1.165) is 10.5 Å². The summed E-state index contributed by atoms with van der Waals surface area (Å²) in [6.45, 7) is -0.458. The average Bonchev–Trinajstić information content (AvgIpc) is 3.10. The number of methoxy groups -OCH3 is 1. The van der Waals surface area contributed by atoms with Crippen LogP contribution in [-0.4, -0.2) is 147 Å². The molecule has 0 saturated carbocycles. The number of benzene rings is 1. The Labute approximate surface area is 247 Å². The fraction of sp³-hybridized carbons (Fsp3) is 0.333. The number of likely N-dealkylation sites (N-methyl/N-ethyl adjacent to an activating group) is 1. The number of imide groups is 1. The number of amidine groups is 2. The molecule has 0 aliphatic carbocycles. The first-order valence-electron chi connectivity index (χ1n) is 9.93. The first-order valence-corrected chi connectivity index (χ1v) is 11.5. The third-order valence-electron chi connectivity index (χ3n) is 5.01. The standard InChI is InChI=1S/C21H23N4O7P.2Na/c1-4-11-25-20(26)18-19(24(21(25)27)12-6-13-32-33(28,29)30)22-17(23(18)2)10-9-15-7-5-8-16(14-15)31-3;;/h1,5,7-10,14,18H,6,11-13H2,2-3H3,(H-,28,29,30);;/p+1/b10-9+;;. The van der Waals surface area contributed by atoms with Crippen LogP contribution in [0, 0.1) is 12.3 Å². The van der Waals surface area contributed by atoms with E-state index in [-0.39, 0.29) is 91.1 Å². The van der Waals surface area contributed by atoms with Gasteiger partial charge in [0.05, 0.1) is 27.3 Å². The summed E-state index contributed by atoms with van der Waals surface area (Å²) in [4.78, 5) is 50.4. The molecule has 1 aromatic rings. The van der Waals surface area contributed by atoms with Gasteiger partial charge in [-0.1, -0.05) is 18.1 Å². The summed E-state index contributed by atoms with van der Waals surface area (Å²) >= 11 is 0. The first kappa shape index (κ1) is 31.7. The van der Waals surface area contributed by atoms with Gasteiger partial charge in [-0.15, -0.1) is 6.42 Å². The second-order valence-corrected chi connectivity index (χ2v) is 8.43. The predicted octanol–water partition coefficient (Wildman–Crippen LogP) is 0.165. The van der Waals surface area contributed by atoms with Crippen molar-refractivity contribution in [3.05, 3.63) is 35.9 Å². The minimum atomic E-state index is -4.62. The van der Waals surface area contributed by atoms with Crippen LogP contribution in [-0.2, 0) is 13.9 Å². The number of phosphoric acid groups is 1. The van der Waals surface area contributed by atoms with Crippen LogP contribution in [0.5, 0.6) is 5.75 Å². The van der Waals surface area contributed by atoms with Crippen LogP contribution in [0.2, 0.25) is 0 Å². The van der Waals surface area contributed by atoms with E-state index in [0.29, 0.717) is 11.6 Å². The van der Waals surface area contributed by atoms with Gasteiger partial charge in [0, 0.05) is 71.7 Å². The summed E-state index contributed by atoms with van der Waals surface area (Å²) in [7, 11) is -1.37. The minimum Gasteiger partial charge on any atom is -0.497 e. The Bertz CT molecular complexity index is 1140. The van der Waals surface area contributed by atoms with E-state index in [1.165, 1.54) is 4.90 Å². The van der Waals surface area contributed by atoms with Crippen LogP contribution in [0.1, 0.15) is 12.0 Å². The van der Waals surface area contributed by atoms with Crippen LogP contribution < -0.4 is 4.74 Å². The zero-order valence-electron chi connectivity index (χ0n) is 20.1. The summed E-state index contributed by atoms with van der Waals surface area (Å²) in [6, 6.07) is 5.88. The molecule has 2 heterocycles. The fourth-order valence-corrected chi connectivity index (χ4v) is 3.82. The number of phosphoric ester groups is 1. The number of nitrogens with zero attached hydrogens (tertiary/aromatic N) is 4. The van der Waals surface area contributed by atoms with Gasteiger partial charge in [0.1, 0.15) is 5.75 Å². The average molecular weight is 521 g/mol. The molecule has 1 unspecified atom stereocenters. The molecule has 11 nitrogen and oxygen atoms in total. The van der Waals surface area contributed by atoms with Crippen molar-refractivity contribution in [1.82, 2.24) is 9.80 Å². The molecule has 1 aromatic carbocycles. The van der Waals surface area contributed by atoms with E-state index in [1.807, 2.05) is 24.3 Å². The number of urea groups is 1. The largest absolute Gasteiger partial charge is 0.497 e. The third-order valence-corrected chi connectivity index (χ3v) is 5.53. The van der Waals surface area contributed by atoms with E-state index in [1.54, 1.807) is 30.9 Å². The van der Waals surface area contributed by atoms with Crippen LogP contribution in [0.3, 0.4) is 0 Å². The van der Waals surface area contributed by atoms with E-state index >= 15 is 0 Å². The number of hydrogen-bond donors (Lipinski definition) is 2. The molecule has 2 N–H and O–H groups in total. The van der Waals surface area contributed by atoms with Gasteiger partial charge in [0.2, 0.25) is 0 Å². The smallest absolute Gasteiger partial charge is 0.469 e. The maximum Gasteiger partial charge on any atom is 0.469 e. The number of carbonyl (C=O) groups is 2. The minimum absolute atomic E-state index is 0. The van der Waals surface area contributed by atoms with Crippen LogP contribution in [0.4, 0.5) is 4.79 Å². The zero-order chi connectivity index (χ0) is 24.2. The molecule has 2 radical (unpaired) electrons. The number of fused-ring (bicyclic) bond motifs is 1. The number of rotatable bonds is 9. The predicted molar refractivity (Wildman–Crippen MR) is 131 cm³/mol. The van der Waals surface area contributed by atoms with Crippen molar-refractivity contribution >= 4 is 96.6 Å². The second-order valence-electron chi connectivity index (χ2n) is 7.19.